The van der Waals surface area contributed by atoms with Crippen molar-refractivity contribution in [1.82, 2.24) is 5.32 Å². The second-order valence-electron chi connectivity index (χ2n) is 4.23. The van der Waals surface area contributed by atoms with Crippen LogP contribution in [0.5, 0.6) is 0 Å². The summed E-state index contributed by atoms with van der Waals surface area (Å²) in [6.45, 7) is 4.39. The van der Waals surface area contributed by atoms with Gasteiger partial charge in [0.1, 0.15) is 0 Å². The minimum atomic E-state index is 0.623. The topological polar surface area (TPSA) is 24.1 Å². The number of anilines is 1. The van der Waals surface area contributed by atoms with Gasteiger partial charge in [0.2, 0.25) is 0 Å². The van der Waals surface area contributed by atoms with Gasteiger partial charge in [0, 0.05) is 18.3 Å². The van der Waals surface area contributed by atoms with Crippen molar-refractivity contribution in [2.45, 2.75) is 32.2 Å². The van der Waals surface area contributed by atoms with Gasteiger partial charge in [-0.2, -0.15) is 0 Å². The number of para-hydroxylation sites is 1. The third kappa shape index (κ3) is 2.72. The van der Waals surface area contributed by atoms with Crippen LogP contribution >= 0.6 is 0 Å². The largest absolute Gasteiger partial charge is 0.383 e. The molecule has 1 heterocycles. The molecule has 2 rings (SSSR count). The zero-order chi connectivity index (χ0) is 10.5. The first kappa shape index (κ1) is 10.5. The molecule has 0 saturated carbocycles. The monoisotopic (exact) mass is 204 g/mol. The van der Waals surface area contributed by atoms with Crippen molar-refractivity contribution >= 4 is 5.69 Å². The van der Waals surface area contributed by atoms with Crippen LogP contribution in [0.1, 0.15) is 25.3 Å². The van der Waals surface area contributed by atoms with Crippen LogP contribution in [-0.4, -0.2) is 19.1 Å². The van der Waals surface area contributed by atoms with Crippen LogP contribution in [0.3, 0.4) is 0 Å². The summed E-state index contributed by atoms with van der Waals surface area (Å²) in [4.78, 5) is 0. The van der Waals surface area contributed by atoms with Crippen molar-refractivity contribution in [2.24, 2.45) is 0 Å². The van der Waals surface area contributed by atoms with Gasteiger partial charge in [-0.05, 0) is 37.4 Å². The molecule has 82 valence electrons. The Hall–Kier alpha value is -1.02. The molecule has 1 aromatic carbocycles. The predicted octanol–water partition coefficient (Wildman–Crippen LogP) is 2.41. The Morgan fingerprint density at radius 2 is 2.27 bits per heavy atom. The average Bonchev–Trinajstić information content (AvgIpc) is 2.49. The first-order chi connectivity index (χ1) is 7.40. The van der Waals surface area contributed by atoms with Crippen molar-refractivity contribution in [1.29, 1.82) is 0 Å². The zero-order valence-electron chi connectivity index (χ0n) is 9.42. The lowest BCUT2D eigenvalue weighted by atomic mass is 10.1. The van der Waals surface area contributed by atoms with Crippen LogP contribution in [0.25, 0.3) is 0 Å². The van der Waals surface area contributed by atoms with Crippen LogP contribution in [0.15, 0.2) is 24.3 Å². The molecule has 0 aromatic heterocycles. The molecule has 0 fully saturated rings. The van der Waals surface area contributed by atoms with Crippen LogP contribution in [0.4, 0.5) is 5.69 Å². The van der Waals surface area contributed by atoms with E-state index in [1.165, 1.54) is 30.5 Å². The van der Waals surface area contributed by atoms with E-state index in [2.05, 4.69) is 41.8 Å². The number of fused-ring (bicyclic) bond motifs is 1. The molecule has 0 aliphatic carbocycles. The third-order valence-electron chi connectivity index (χ3n) is 3.00. The number of rotatable bonds is 3. The molecule has 1 unspecified atom stereocenters. The van der Waals surface area contributed by atoms with Crippen molar-refractivity contribution in [3.63, 3.8) is 0 Å². The fourth-order valence-corrected chi connectivity index (χ4v) is 2.10. The Morgan fingerprint density at radius 1 is 1.40 bits per heavy atom. The Labute approximate surface area is 92.1 Å². The van der Waals surface area contributed by atoms with Gasteiger partial charge in [-0.3, -0.25) is 0 Å². The van der Waals surface area contributed by atoms with E-state index >= 15 is 0 Å². The third-order valence-corrected chi connectivity index (χ3v) is 3.00. The minimum absolute atomic E-state index is 0.623. The number of benzene rings is 1. The Balaban J connectivity index is 1.96. The highest BCUT2D eigenvalue weighted by molar-refractivity contribution is 5.52. The second-order valence-corrected chi connectivity index (χ2v) is 4.23. The average molecular weight is 204 g/mol. The van der Waals surface area contributed by atoms with Crippen LogP contribution in [0, 0.1) is 0 Å². The highest BCUT2D eigenvalue weighted by Gasteiger charge is 2.13. The van der Waals surface area contributed by atoms with Gasteiger partial charge in [0.15, 0.2) is 0 Å². The number of aryl methyl sites for hydroxylation is 1. The van der Waals surface area contributed by atoms with Crippen LogP contribution in [0.2, 0.25) is 0 Å². The fourth-order valence-electron chi connectivity index (χ4n) is 2.10. The smallest absolute Gasteiger partial charge is 0.0373 e. The molecule has 0 radical (unpaired) electrons. The van der Waals surface area contributed by atoms with Crippen molar-refractivity contribution in [2.75, 3.05) is 18.4 Å². The highest BCUT2D eigenvalue weighted by Crippen LogP contribution is 2.20. The van der Waals surface area contributed by atoms with Crippen molar-refractivity contribution in [3.8, 4) is 0 Å². The molecule has 1 aromatic rings. The summed E-state index contributed by atoms with van der Waals surface area (Å²) in [5.41, 5.74) is 2.77. The molecule has 2 heteroatoms. The van der Waals surface area contributed by atoms with E-state index in [0.29, 0.717) is 6.04 Å². The van der Waals surface area contributed by atoms with Gasteiger partial charge in [-0.1, -0.05) is 25.1 Å². The summed E-state index contributed by atoms with van der Waals surface area (Å²) >= 11 is 0. The van der Waals surface area contributed by atoms with Gasteiger partial charge in [0.05, 0.1) is 0 Å². The van der Waals surface area contributed by atoms with E-state index in [4.69, 9.17) is 0 Å². The maximum absolute atomic E-state index is 3.58. The van der Waals surface area contributed by atoms with E-state index in [9.17, 15) is 0 Å². The maximum atomic E-state index is 3.58. The van der Waals surface area contributed by atoms with Gasteiger partial charge < -0.3 is 10.6 Å². The molecule has 1 aliphatic rings. The SMILES string of the molecule is CCCNC1CCc2ccccc2NC1. The van der Waals surface area contributed by atoms with Crippen molar-refractivity contribution < 1.29 is 0 Å². The van der Waals surface area contributed by atoms with Gasteiger partial charge in [-0.15, -0.1) is 0 Å². The maximum Gasteiger partial charge on any atom is 0.0373 e. The summed E-state index contributed by atoms with van der Waals surface area (Å²) in [5, 5.41) is 7.11. The minimum Gasteiger partial charge on any atom is -0.383 e. The quantitative estimate of drug-likeness (QED) is 0.790. The Kier molecular flexibility index (Phi) is 3.62. The van der Waals surface area contributed by atoms with Crippen molar-refractivity contribution in [3.05, 3.63) is 29.8 Å². The standard InChI is InChI=1S/C13H20N2/c1-2-9-14-12-8-7-11-5-3-4-6-13(11)15-10-12/h3-6,12,14-15H,2,7-10H2,1H3. The molecule has 0 amide bonds. The lowest BCUT2D eigenvalue weighted by Gasteiger charge is -2.15. The lowest BCUT2D eigenvalue weighted by Crippen LogP contribution is -2.35. The number of hydrogen-bond donors (Lipinski definition) is 2. The lowest BCUT2D eigenvalue weighted by molar-refractivity contribution is 0.504. The number of nitrogens with one attached hydrogen (secondary N) is 2. The predicted molar refractivity (Wildman–Crippen MR) is 65.3 cm³/mol. The Morgan fingerprint density at radius 3 is 3.13 bits per heavy atom. The first-order valence-corrected chi connectivity index (χ1v) is 5.95. The highest BCUT2D eigenvalue weighted by atomic mass is 15.0. The summed E-state index contributed by atoms with van der Waals surface area (Å²) in [5.74, 6) is 0. The molecule has 1 atom stereocenters. The molecule has 15 heavy (non-hydrogen) atoms. The second kappa shape index (κ2) is 5.17. The summed E-state index contributed by atoms with van der Waals surface area (Å²) in [6.07, 6.45) is 3.64. The van der Waals surface area contributed by atoms with Gasteiger partial charge >= 0.3 is 0 Å². The summed E-state index contributed by atoms with van der Waals surface area (Å²) in [7, 11) is 0. The zero-order valence-corrected chi connectivity index (χ0v) is 9.42. The molecule has 2 N–H and O–H groups in total. The number of hydrogen-bond acceptors (Lipinski definition) is 2. The van der Waals surface area contributed by atoms with E-state index < -0.39 is 0 Å². The molecule has 0 saturated heterocycles. The van der Waals surface area contributed by atoms with E-state index in [1.54, 1.807) is 0 Å². The summed E-state index contributed by atoms with van der Waals surface area (Å²) < 4.78 is 0. The normalized spacial score (nSPS) is 20.2. The molecular weight excluding hydrogens is 184 g/mol. The van der Waals surface area contributed by atoms with Crippen LogP contribution < -0.4 is 10.6 Å². The summed E-state index contributed by atoms with van der Waals surface area (Å²) in [6, 6.07) is 9.26. The van der Waals surface area contributed by atoms with Gasteiger partial charge in [0.25, 0.3) is 0 Å². The van der Waals surface area contributed by atoms with E-state index in [-0.39, 0.29) is 0 Å². The van der Waals surface area contributed by atoms with Crippen LogP contribution in [-0.2, 0) is 6.42 Å². The molecule has 0 bridgehead atoms. The molecule has 1 aliphatic heterocycles. The van der Waals surface area contributed by atoms with E-state index in [0.717, 1.165) is 13.1 Å². The Bertz CT molecular complexity index is 282. The van der Waals surface area contributed by atoms with E-state index in [1.807, 2.05) is 0 Å². The fraction of sp³-hybridized carbons (Fsp3) is 0.538. The molecule has 2 nitrogen and oxygen atoms in total. The molecular formula is C13H20N2. The first-order valence-electron chi connectivity index (χ1n) is 5.95. The molecule has 0 spiro atoms. The van der Waals surface area contributed by atoms with Gasteiger partial charge in [-0.25, -0.2) is 0 Å².